The molecular formula is C25H36N5O5+. The molecule has 2 amide bonds. The molecule has 4 rings (SSSR count). The molecule has 4 N–H and O–H groups in total. The largest absolute Gasteiger partial charge is 0.477 e. The van der Waals surface area contributed by atoms with Crippen molar-refractivity contribution in [3.63, 3.8) is 0 Å². The summed E-state index contributed by atoms with van der Waals surface area (Å²) in [6.45, 7) is 10.1. The first-order chi connectivity index (χ1) is 16.4. The van der Waals surface area contributed by atoms with Crippen LogP contribution < -0.4 is 15.4 Å². The van der Waals surface area contributed by atoms with Gasteiger partial charge in [0.2, 0.25) is 11.5 Å². The van der Waals surface area contributed by atoms with Gasteiger partial charge in [0.05, 0.1) is 29.4 Å². The molecule has 3 heterocycles. The Morgan fingerprint density at radius 2 is 1.97 bits per heavy atom. The van der Waals surface area contributed by atoms with Crippen molar-refractivity contribution in [2.45, 2.75) is 84.5 Å². The lowest BCUT2D eigenvalue weighted by molar-refractivity contribution is -0.686. The zero-order chi connectivity index (χ0) is 25.7. The number of H-pyrrole nitrogens is 1. The third-order valence-corrected chi connectivity index (χ3v) is 6.72. The van der Waals surface area contributed by atoms with Crippen LogP contribution in [-0.4, -0.2) is 60.8 Å². The Morgan fingerprint density at radius 3 is 2.57 bits per heavy atom. The lowest BCUT2D eigenvalue weighted by atomic mass is 9.96. The lowest BCUT2D eigenvalue weighted by Crippen LogP contribution is -2.47. The van der Waals surface area contributed by atoms with Crippen molar-refractivity contribution in [1.29, 1.82) is 0 Å². The zero-order valence-electron chi connectivity index (χ0n) is 21.1. The van der Waals surface area contributed by atoms with E-state index in [4.69, 9.17) is 0 Å². The molecule has 2 fully saturated rings. The lowest BCUT2D eigenvalue weighted by Gasteiger charge is -2.33. The molecule has 0 bridgehead atoms. The van der Waals surface area contributed by atoms with E-state index in [-0.39, 0.29) is 35.4 Å². The van der Waals surface area contributed by atoms with E-state index in [9.17, 15) is 24.6 Å². The minimum Gasteiger partial charge on any atom is -0.477 e. The standard InChI is InChI=1S/C25H35N5O5/c1-14(2)13-29-22-17(10-11-19(31)28-12-6-7-18(28)25(4,5)35)15(3)27-30(22)24(34)20(23(29)33)21(32)26-16-8-9-16/h10-11,14,16,18,35H,6-9,12-13H2,1-5H3,(H2,26,32,33,34)/p+1/b11-10+/t18-/m0/s1. The number of aromatic hydroxyl groups is 1. The summed E-state index contributed by atoms with van der Waals surface area (Å²) in [5.74, 6) is -1.09. The first kappa shape index (κ1) is 25.0. The third-order valence-electron chi connectivity index (χ3n) is 6.72. The minimum absolute atomic E-state index is 0.0359. The van der Waals surface area contributed by atoms with Gasteiger partial charge >= 0.3 is 17.1 Å². The van der Waals surface area contributed by atoms with E-state index < -0.39 is 17.1 Å². The molecular weight excluding hydrogens is 450 g/mol. The summed E-state index contributed by atoms with van der Waals surface area (Å²) in [5, 5.41) is 27.3. The van der Waals surface area contributed by atoms with Crippen molar-refractivity contribution < 1.29 is 24.4 Å². The Morgan fingerprint density at radius 1 is 1.29 bits per heavy atom. The van der Waals surface area contributed by atoms with Gasteiger partial charge in [0.25, 0.3) is 5.91 Å². The van der Waals surface area contributed by atoms with E-state index in [1.54, 1.807) is 36.3 Å². The first-order valence-electron chi connectivity index (χ1n) is 12.3. The number of carbonyl (C=O) groups excluding carboxylic acids is 2. The van der Waals surface area contributed by atoms with Crippen LogP contribution in [0.25, 0.3) is 11.7 Å². The van der Waals surface area contributed by atoms with Gasteiger partial charge in [0.1, 0.15) is 0 Å². The Labute approximate surface area is 204 Å². The summed E-state index contributed by atoms with van der Waals surface area (Å²) in [6.07, 6.45) is 6.34. The van der Waals surface area contributed by atoms with Gasteiger partial charge in [-0.2, -0.15) is 4.57 Å². The van der Waals surface area contributed by atoms with Gasteiger partial charge in [-0.25, -0.2) is 9.89 Å². The van der Waals surface area contributed by atoms with Gasteiger partial charge in [-0.15, -0.1) is 0 Å². The average molecular weight is 487 g/mol. The highest BCUT2D eigenvalue weighted by Crippen LogP contribution is 2.27. The van der Waals surface area contributed by atoms with Crippen molar-refractivity contribution in [3.05, 3.63) is 33.3 Å². The number of hydrogen-bond donors (Lipinski definition) is 4. The van der Waals surface area contributed by atoms with Gasteiger partial charge in [-0.05, 0) is 58.4 Å². The minimum atomic E-state index is -1.01. The fraction of sp³-hybridized carbons (Fsp3) is 0.600. The smallest absolute Gasteiger partial charge is 0.378 e. The van der Waals surface area contributed by atoms with E-state index in [0.29, 0.717) is 30.0 Å². The molecule has 2 aliphatic rings. The van der Waals surface area contributed by atoms with Gasteiger partial charge in [-0.1, -0.05) is 18.4 Å². The molecule has 1 atom stereocenters. The SMILES string of the molecule is Cc1[nH]n2c(=O)c(C(=O)NC3CC3)c(O)[n+](CC(C)C)c2c1/C=C/C(=O)N1CCC[C@H]1C(C)(C)O. The fourth-order valence-electron chi connectivity index (χ4n) is 4.86. The number of aliphatic hydroxyl groups is 1. The van der Waals surface area contributed by atoms with Gasteiger partial charge < -0.3 is 20.4 Å². The number of aryl methyl sites for hydroxylation is 1. The number of rotatable bonds is 7. The Bertz CT molecular complexity index is 1250. The highest BCUT2D eigenvalue weighted by Gasteiger charge is 2.38. The van der Waals surface area contributed by atoms with Crippen molar-refractivity contribution in [1.82, 2.24) is 19.8 Å². The van der Waals surface area contributed by atoms with Crippen LogP contribution >= 0.6 is 0 Å². The van der Waals surface area contributed by atoms with Crippen LogP contribution in [0, 0.1) is 12.8 Å². The molecule has 1 saturated carbocycles. The second-order valence-corrected chi connectivity index (χ2v) is 10.7. The van der Waals surface area contributed by atoms with E-state index in [1.807, 2.05) is 13.8 Å². The maximum atomic E-state index is 13.3. The topological polar surface area (TPSA) is 131 Å². The summed E-state index contributed by atoms with van der Waals surface area (Å²) in [5.41, 5.74) is -0.388. The monoisotopic (exact) mass is 486 g/mol. The second-order valence-electron chi connectivity index (χ2n) is 10.7. The van der Waals surface area contributed by atoms with Crippen LogP contribution in [0.4, 0.5) is 0 Å². The molecule has 35 heavy (non-hydrogen) atoms. The maximum absolute atomic E-state index is 13.3. The van der Waals surface area contributed by atoms with Crippen LogP contribution in [0.3, 0.4) is 0 Å². The predicted molar refractivity (Wildman–Crippen MR) is 130 cm³/mol. The quantitative estimate of drug-likeness (QED) is 0.346. The number of hydrogen-bond acceptors (Lipinski definition) is 5. The molecule has 10 nitrogen and oxygen atoms in total. The Hall–Kier alpha value is -3.14. The number of aromatic nitrogens is 3. The molecule has 0 aromatic carbocycles. The number of amides is 2. The van der Waals surface area contributed by atoms with Crippen LogP contribution in [0.2, 0.25) is 0 Å². The molecule has 2 aromatic heterocycles. The predicted octanol–water partition coefficient (Wildman–Crippen LogP) is 1.25. The second kappa shape index (κ2) is 9.14. The molecule has 10 heteroatoms. The van der Waals surface area contributed by atoms with Gasteiger partial charge in [0, 0.05) is 18.7 Å². The summed E-state index contributed by atoms with van der Waals surface area (Å²) in [7, 11) is 0. The van der Waals surface area contributed by atoms with Crippen LogP contribution in [0.5, 0.6) is 5.88 Å². The van der Waals surface area contributed by atoms with E-state index in [0.717, 1.165) is 25.7 Å². The van der Waals surface area contributed by atoms with Crippen molar-refractivity contribution in [2.75, 3.05) is 6.54 Å². The highest BCUT2D eigenvalue weighted by atomic mass is 16.3. The molecule has 0 radical (unpaired) electrons. The summed E-state index contributed by atoms with van der Waals surface area (Å²) >= 11 is 0. The molecule has 2 aromatic rings. The molecule has 0 unspecified atom stereocenters. The maximum Gasteiger partial charge on any atom is 0.378 e. The molecule has 1 aliphatic heterocycles. The molecule has 0 spiro atoms. The molecule has 190 valence electrons. The normalized spacial score (nSPS) is 18.8. The number of fused-ring (bicyclic) bond motifs is 1. The van der Waals surface area contributed by atoms with Gasteiger partial charge in [-0.3, -0.25) is 9.59 Å². The van der Waals surface area contributed by atoms with Crippen molar-refractivity contribution in [3.8, 4) is 5.88 Å². The molecule has 1 aliphatic carbocycles. The van der Waals surface area contributed by atoms with Crippen LogP contribution in [0.1, 0.15) is 75.0 Å². The third kappa shape index (κ3) is 4.84. The fourth-order valence-corrected chi connectivity index (χ4v) is 4.86. The van der Waals surface area contributed by atoms with Crippen molar-refractivity contribution >= 4 is 23.5 Å². The summed E-state index contributed by atoms with van der Waals surface area (Å²) in [4.78, 5) is 40.8. The zero-order valence-corrected chi connectivity index (χ0v) is 21.1. The van der Waals surface area contributed by atoms with E-state index >= 15 is 0 Å². The number of nitrogens with one attached hydrogen (secondary N) is 2. The number of aromatic amines is 1. The van der Waals surface area contributed by atoms with Crippen LogP contribution in [0.15, 0.2) is 10.9 Å². The average Bonchev–Trinajstić information content (AvgIpc) is 3.29. The highest BCUT2D eigenvalue weighted by molar-refractivity contribution is 5.96. The molecule has 1 saturated heterocycles. The number of nitrogens with zero attached hydrogens (tertiary/aromatic N) is 3. The van der Waals surface area contributed by atoms with Crippen molar-refractivity contribution in [2.24, 2.45) is 5.92 Å². The number of carbonyl (C=O) groups is 2. The Balaban J connectivity index is 1.79. The number of likely N-dealkylation sites (tertiary alicyclic amines) is 1. The first-order valence-corrected chi connectivity index (χ1v) is 12.3. The summed E-state index contributed by atoms with van der Waals surface area (Å²) < 4.78 is 2.82. The van der Waals surface area contributed by atoms with E-state index in [1.165, 1.54) is 10.6 Å². The summed E-state index contributed by atoms with van der Waals surface area (Å²) in [6, 6.07) is -0.234. The van der Waals surface area contributed by atoms with Crippen LogP contribution in [-0.2, 0) is 11.3 Å². The van der Waals surface area contributed by atoms with Gasteiger partial charge in [0.15, 0.2) is 0 Å². The van der Waals surface area contributed by atoms with E-state index in [2.05, 4.69) is 10.4 Å². The Kier molecular flexibility index (Phi) is 6.52.